The number of aromatic amines is 1. The normalized spacial score (nSPS) is 10.2. The first kappa shape index (κ1) is 9.85. The molecule has 2 heterocycles. The molecular formula is C9H6BrN3O2. The molecule has 6 heteroatoms. The monoisotopic (exact) mass is 267 g/mol. The lowest BCUT2D eigenvalue weighted by Gasteiger charge is -1.94. The van der Waals surface area contributed by atoms with Crippen molar-refractivity contribution in [2.45, 2.75) is 0 Å². The molecule has 0 aromatic carbocycles. The SMILES string of the molecule is O=C(O)c1cc(-c2cncc(Br)c2)n[nH]1. The summed E-state index contributed by atoms with van der Waals surface area (Å²) >= 11 is 3.28. The molecule has 0 spiro atoms. The van der Waals surface area contributed by atoms with Crippen molar-refractivity contribution >= 4 is 21.9 Å². The lowest BCUT2D eigenvalue weighted by molar-refractivity contribution is 0.0690. The van der Waals surface area contributed by atoms with Gasteiger partial charge >= 0.3 is 5.97 Å². The van der Waals surface area contributed by atoms with Crippen LogP contribution in [0.15, 0.2) is 29.0 Å². The van der Waals surface area contributed by atoms with Crippen molar-refractivity contribution < 1.29 is 9.90 Å². The fourth-order valence-electron chi connectivity index (χ4n) is 1.13. The summed E-state index contributed by atoms with van der Waals surface area (Å²) in [5.74, 6) is -1.03. The molecule has 5 nitrogen and oxygen atoms in total. The van der Waals surface area contributed by atoms with Gasteiger partial charge in [-0.15, -0.1) is 0 Å². The summed E-state index contributed by atoms with van der Waals surface area (Å²) in [6.45, 7) is 0. The van der Waals surface area contributed by atoms with Gasteiger partial charge in [0.1, 0.15) is 5.69 Å². The number of rotatable bonds is 2. The van der Waals surface area contributed by atoms with Crippen LogP contribution < -0.4 is 0 Å². The Bertz CT molecular complexity index is 510. The molecule has 0 amide bonds. The number of hydrogen-bond acceptors (Lipinski definition) is 3. The van der Waals surface area contributed by atoms with E-state index in [4.69, 9.17) is 5.11 Å². The fraction of sp³-hybridized carbons (Fsp3) is 0. The summed E-state index contributed by atoms with van der Waals surface area (Å²) in [6, 6.07) is 3.28. The van der Waals surface area contributed by atoms with E-state index in [1.807, 2.05) is 6.07 Å². The minimum absolute atomic E-state index is 0.0602. The quantitative estimate of drug-likeness (QED) is 0.872. The molecule has 0 saturated heterocycles. The summed E-state index contributed by atoms with van der Waals surface area (Å²) in [6.07, 6.45) is 3.26. The van der Waals surface area contributed by atoms with Crippen LogP contribution in [0.2, 0.25) is 0 Å². The van der Waals surface area contributed by atoms with Crippen molar-refractivity contribution in [2.75, 3.05) is 0 Å². The van der Waals surface area contributed by atoms with Gasteiger partial charge < -0.3 is 5.11 Å². The van der Waals surface area contributed by atoms with Crippen molar-refractivity contribution in [3.05, 3.63) is 34.7 Å². The van der Waals surface area contributed by atoms with E-state index in [0.717, 1.165) is 10.0 Å². The predicted molar refractivity (Wildman–Crippen MR) is 56.5 cm³/mol. The molecule has 0 bridgehead atoms. The van der Waals surface area contributed by atoms with E-state index in [9.17, 15) is 4.79 Å². The molecule has 0 aliphatic carbocycles. The highest BCUT2D eigenvalue weighted by Crippen LogP contribution is 2.20. The zero-order chi connectivity index (χ0) is 10.8. The maximum Gasteiger partial charge on any atom is 0.353 e. The number of carboxylic acid groups (broad SMARTS) is 1. The van der Waals surface area contributed by atoms with E-state index in [1.54, 1.807) is 12.4 Å². The number of nitrogens with one attached hydrogen (secondary N) is 1. The Morgan fingerprint density at radius 2 is 2.20 bits per heavy atom. The molecule has 76 valence electrons. The number of nitrogens with zero attached hydrogens (tertiary/aromatic N) is 2. The van der Waals surface area contributed by atoms with Crippen molar-refractivity contribution in [3.63, 3.8) is 0 Å². The van der Waals surface area contributed by atoms with Gasteiger partial charge in [-0.1, -0.05) is 0 Å². The Morgan fingerprint density at radius 3 is 2.80 bits per heavy atom. The van der Waals surface area contributed by atoms with Crippen molar-refractivity contribution in [1.29, 1.82) is 0 Å². The molecular weight excluding hydrogens is 262 g/mol. The van der Waals surface area contributed by atoms with E-state index < -0.39 is 5.97 Å². The van der Waals surface area contributed by atoms with Crippen LogP contribution in [-0.4, -0.2) is 26.3 Å². The fourth-order valence-corrected chi connectivity index (χ4v) is 1.50. The molecule has 0 aliphatic rings. The number of H-pyrrole nitrogens is 1. The molecule has 15 heavy (non-hydrogen) atoms. The Balaban J connectivity index is 2.41. The summed E-state index contributed by atoms with van der Waals surface area (Å²) in [7, 11) is 0. The van der Waals surface area contributed by atoms with Gasteiger partial charge in [-0.05, 0) is 28.1 Å². The van der Waals surface area contributed by atoms with Crippen LogP contribution in [0.4, 0.5) is 0 Å². The molecule has 0 atom stereocenters. The Morgan fingerprint density at radius 1 is 1.40 bits per heavy atom. The summed E-state index contributed by atoms with van der Waals surface area (Å²) in [5, 5.41) is 15.0. The molecule has 0 saturated carbocycles. The average molecular weight is 268 g/mol. The second kappa shape index (κ2) is 3.82. The topological polar surface area (TPSA) is 78.9 Å². The average Bonchev–Trinajstić information content (AvgIpc) is 2.66. The number of carbonyl (C=O) groups is 1. The minimum Gasteiger partial charge on any atom is -0.477 e. The molecule has 0 fully saturated rings. The minimum atomic E-state index is -1.03. The first-order chi connectivity index (χ1) is 7.16. The molecule has 2 N–H and O–H groups in total. The van der Waals surface area contributed by atoms with Gasteiger partial charge in [-0.2, -0.15) is 5.10 Å². The van der Waals surface area contributed by atoms with Crippen molar-refractivity contribution in [3.8, 4) is 11.3 Å². The third kappa shape index (κ3) is 2.04. The molecule has 2 aromatic rings. The first-order valence-electron chi connectivity index (χ1n) is 4.06. The number of halogens is 1. The third-order valence-electron chi connectivity index (χ3n) is 1.81. The molecule has 0 aliphatic heterocycles. The number of hydrogen-bond donors (Lipinski definition) is 2. The number of aromatic carboxylic acids is 1. The Hall–Kier alpha value is -1.69. The van der Waals surface area contributed by atoms with Crippen LogP contribution in [0.5, 0.6) is 0 Å². The van der Waals surface area contributed by atoms with Crippen molar-refractivity contribution in [1.82, 2.24) is 15.2 Å². The van der Waals surface area contributed by atoms with E-state index in [1.165, 1.54) is 6.07 Å². The third-order valence-corrected chi connectivity index (χ3v) is 2.24. The maximum absolute atomic E-state index is 10.6. The van der Waals surface area contributed by atoms with Crippen LogP contribution in [0.25, 0.3) is 11.3 Å². The summed E-state index contributed by atoms with van der Waals surface area (Å²) < 4.78 is 0.819. The second-order valence-corrected chi connectivity index (χ2v) is 3.78. The van der Waals surface area contributed by atoms with Gasteiger partial charge in [0, 0.05) is 22.4 Å². The number of carboxylic acids is 1. The van der Waals surface area contributed by atoms with Gasteiger partial charge in [-0.3, -0.25) is 10.1 Å². The zero-order valence-electron chi connectivity index (χ0n) is 7.44. The summed E-state index contributed by atoms with van der Waals surface area (Å²) in [4.78, 5) is 14.6. The second-order valence-electron chi connectivity index (χ2n) is 2.86. The molecule has 2 aromatic heterocycles. The highest BCUT2D eigenvalue weighted by molar-refractivity contribution is 9.10. The van der Waals surface area contributed by atoms with Crippen LogP contribution in [0.3, 0.4) is 0 Å². The highest BCUT2D eigenvalue weighted by atomic mass is 79.9. The molecule has 0 unspecified atom stereocenters. The standard InChI is InChI=1S/C9H6BrN3O2/c10-6-1-5(3-11-4-6)7-2-8(9(14)15)13-12-7/h1-4H,(H,12,13)(H,14,15). The zero-order valence-corrected chi connectivity index (χ0v) is 9.02. The van der Waals surface area contributed by atoms with Gasteiger partial charge in [0.15, 0.2) is 0 Å². The van der Waals surface area contributed by atoms with Crippen LogP contribution >= 0.6 is 15.9 Å². The van der Waals surface area contributed by atoms with E-state index in [2.05, 4.69) is 31.1 Å². The van der Waals surface area contributed by atoms with Gasteiger partial charge in [-0.25, -0.2) is 4.79 Å². The Kier molecular flexibility index (Phi) is 2.51. The number of pyridine rings is 1. The predicted octanol–water partition coefficient (Wildman–Crippen LogP) is 1.93. The largest absolute Gasteiger partial charge is 0.477 e. The lowest BCUT2D eigenvalue weighted by atomic mass is 10.2. The summed E-state index contributed by atoms with van der Waals surface area (Å²) in [5.41, 5.74) is 1.37. The molecule has 0 radical (unpaired) electrons. The van der Waals surface area contributed by atoms with Gasteiger partial charge in [0.2, 0.25) is 0 Å². The van der Waals surface area contributed by atoms with E-state index in [-0.39, 0.29) is 5.69 Å². The van der Waals surface area contributed by atoms with Gasteiger partial charge in [0.05, 0.1) is 5.69 Å². The first-order valence-corrected chi connectivity index (χ1v) is 4.86. The van der Waals surface area contributed by atoms with Crippen LogP contribution in [0.1, 0.15) is 10.5 Å². The van der Waals surface area contributed by atoms with E-state index in [0.29, 0.717) is 5.69 Å². The van der Waals surface area contributed by atoms with Crippen LogP contribution in [0, 0.1) is 0 Å². The Labute approximate surface area is 93.3 Å². The lowest BCUT2D eigenvalue weighted by Crippen LogP contribution is -1.95. The molecule has 2 rings (SSSR count). The highest BCUT2D eigenvalue weighted by Gasteiger charge is 2.09. The smallest absolute Gasteiger partial charge is 0.353 e. The van der Waals surface area contributed by atoms with Crippen LogP contribution in [-0.2, 0) is 0 Å². The van der Waals surface area contributed by atoms with Crippen molar-refractivity contribution in [2.24, 2.45) is 0 Å². The van der Waals surface area contributed by atoms with Gasteiger partial charge in [0.25, 0.3) is 0 Å². The maximum atomic E-state index is 10.6. The van der Waals surface area contributed by atoms with E-state index >= 15 is 0 Å². The number of aromatic nitrogens is 3.